The van der Waals surface area contributed by atoms with Crippen LogP contribution < -0.4 is 15.2 Å². The largest absolute Gasteiger partial charge is 0.477 e. The van der Waals surface area contributed by atoms with E-state index in [1.807, 2.05) is 13.8 Å². The van der Waals surface area contributed by atoms with Gasteiger partial charge in [0.15, 0.2) is 9.92 Å². The molecule has 4 rings (SSSR count). The summed E-state index contributed by atoms with van der Waals surface area (Å²) in [4.78, 5) is 17.7. The van der Waals surface area contributed by atoms with Crippen molar-refractivity contribution in [3.05, 3.63) is 28.7 Å². The molecular weight excluding hydrogens is 404 g/mol. The number of hydrogen-bond donors (Lipinski definition) is 2. The second-order valence-electron chi connectivity index (χ2n) is 8.27. The second-order valence-corrected chi connectivity index (χ2v) is 10.0. The molecular formula is C20H28N6O3S. The van der Waals surface area contributed by atoms with E-state index in [0.717, 1.165) is 48.2 Å². The predicted molar refractivity (Wildman–Crippen MR) is 114 cm³/mol. The first-order valence-electron chi connectivity index (χ1n) is 10.3. The highest BCUT2D eigenvalue weighted by Crippen LogP contribution is 2.35. The van der Waals surface area contributed by atoms with Crippen molar-refractivity contribution in [3.8, 4) is 5.88 Å². The van der Waals surface area contributed by atoms with Crippen molar-refractivity contribution in [1.82, 2.24) is 14.8 Å². The van der Waals surface area contributed by atoms with E-state index in [9.17, 15) is 9.00 Å². The van der Waals surface area contributed by atoms with Gasteiger partial charge in [-0.1, -0.05) is 13.8 Å². The molecule has 2 amide bonds. The molecule has 30 heavy (non-hydrogen) atoms. The van der Waals surface area contributed by atoms with Crippen LogP contribution in [0.3, 0.4) is 0 Å². The maximum atomic E-state index is 13.1. The molecule has 0 fully saturated rings. The average molecular weight is 433 g/mol. The maximum Gasteiger partial charge on any atom is 0.354 e. The first-order chi connectivity index (χ1) is 14.2. The fraction of sp³-hybridized carbons (Fsp3) is 0.550. The lowest BCUT2D eigenvalue weighted by Crippen LogP contribution is -2.22. The van der Waals surface area contributed by atoms with Crippen LogP contribution in [0.4, 0.5) is 10.5 Å². The van der Waals surface area contributed by atoms with Gasteiger partial charge < -0.3 is 10.1 Å². The van der Waals surface area contributed by atoms with E-state index in [-0.39, 0.29) is 16.9 Å². The van der Waals surface area contributed by atoms with Crippen molar-refractivity contribution < 1.29 is 13.7 Å². The molecule has 0 radical (unpaired) electrons. The number of carbonyl (C=O) groups is 1. The summed E-state index contributed by atoms with van der Waals surface area (Å²) in [7, 11) is -3.52. The predicted octanol–water partition coefficient (Wildman–Crippen LogP) is 3.47. The highest BCUT2D eigenvalue weighted by molar-refractivity contribution is 7.91. The summed E-state index contributed by atoms with van der Waals surface area (Å²) >= 11 is 0. The van der Waals surface area contributed by atoms with E-state index >= 15 is 0 Å². The molecule has 162 valence electrons. The number of pyridine rings is 1. The summed E-state index contributed by atoms with van der Waals surface area (Å²) < 4.78 is 24.2. The van der Waals surface area contributed by atoms with E-state index in [0.29, 0.717) is 18.2 Å². The van der Waals surface area contributed by atoms with Gasteiger partial charge in [0.25, 0.3) is 0 Å². The number of urea groups is 1. The Balaban J connectivity index is 1.69. The minimum absolute atomic E-state index is 0.100. The van der Waals surface area contributed by atoms with Gasteiger partial charge >= 0.3 is 6.03 Å². The van der Waals surface area contributed by atoms with E-state index in [1.54, 1.807) is 4.68 Å². The lowest BCUT2D eigenvalue weighted by molar-refractivity contribution is 0.196. The Morgan fingerprint density at radius 1 is 1.43 bits per heavy atom. The molecule has 2 atom stereocenters. The molecule has 0 saturated heterocycles. The summed E-state index contributed by atoms with van der Waals surface area (Å²) in [5.41, 5.74) is 4.63. The maximum absolute atomic E-state index is 13.1. The standard InChI is InChI=1S/C20H28N6O3S/c1-11(2)17-13(4)18(14-6-5-7-15(14)23-17)24-20(27)25-30(21,28)16-10-22-26-12(3)8-9-29-19(16)26/h10-12H,5-9H2,1-4H3,(H3,21,23,24,25,27,28). The number of anilines is 1. The Bertz CT molecular complexity index is 1130. The van der Waals surface area contributed by atoms with Gasteiger partial charge in [0, 0.05) is 17.8 Å². The Kier molecular flexibility index (Phi) is 5.31. The summed E-state index contributed by atoms with van der Waals surface area (Å²) in [6.07, 6.45) is 4.90. The van der Waals surface area contributed by atoms with Gasteiger partial charge in [0.1, 0.15) is 4.90 Å². The van der Waals surface area contributed by atoms with E-state index in [4.69, 9.17) is 14.9 Å². The number of aryl methyl sites for hydroxylation is 1. The highest BCUT2D eigenvalue weighted by atomic mass is 32.2. The molecule has 9 nitrogen and oxygen atoms in total. The number of hydrogen-bond acceptors (Lipinski definition) is 5. The van der Waals surface area contributed by atoms with Crippen molar-refractivity contribution in [1.29, 1.82) is 0 Å². The fourth-order valence-electron chi connectivity index (χ4n) is 4.17. The third-order valence-corrected chi connectivity index (χ3v) is 7.07. The number of aromatic nitrogens is 3. The molecule has 1 aliphatic heterocycles. The summed E-state index contributed by atoms with van der Waals surface area (Å²) in [5.74, 6) is 0.543. The Morgan fingerprint density at radius 3 is 2.93 bits per heavy atom. The van der Waals surface area contributed by atoms with Crippen molar-refractivity contribution in [2.24, 2.45) is 9.50 Å². The molecule has 0 spiro atoms. The molecule has 10 heteroatoms. The minimum atomic E-state index is -3.52. The van der Waals surface area contributed by atoms with Crippen LogP contribution in [0.5, 0.6) is 5.88 Å². The van der Waals surface area contributed by atoms with Crippen molar-refractivity contribution >= 4 is 21.6 Å². The number of nitrogens with one attached hydrogen (secondary N) is 1. The first-order valence-corrected chi connectivity index (χ1v) is 11.8. The van der Waals surface area contributed by atoms with E-state index in [1.165, 1.54) is 6.20 Å². The van der Waals surface area contributed by atoms with Gasteiger partial charge in [0.2, 0.25) is 5.88 Å². The number of ether oxygens (including phenoxy) is 1. The van der Waals surface area contributed by atoms with E-state index < -0.39 is 15.9 Å². The SMILES string of the molecule is Cc1c(C(C)C)nc2c(c1NC(=O)N=S(N)(=O)c1cnn3c1OCCC3C)CCC2. The second kappa shape index (κ2) is 7.66. The van der Waals surface area contributed by atoms with E-state index in [2.05, 4.69) is 28.6 Å². The van der Waals surface area contributed by atoms with Crippen LogP contribution in [-0.2, 0) is 22.8 Å². The van der Waals surface area contributed by atoms with Crippen LogP contribution in [0.25, 0.3) is 0 Å². The van der Waals surface area contributed by atoms with Crippen LogP contribution in [0.2, 0.25) is 0 Å². The third kappa shape index (κ3) is 3.58. The van der Waals surface area contributed by atoms with Gasteiger partial charge in [0.05, 0.1) is 24.5 Å². The zero-order valence-corrected chi connectivity index (χ0v) is 18.6. The molecule has 2 aromatic heterocycles. The smallest absolute Gasteiger partial charge is 0.354 e. The number of nitrogens with two attached hydrogens (primary N) is 1. The number of rotatable bonds is 3. The monoisotopic (exact) mass is 432 g/mol. The Hall–Kier alpha value is -2.46. The molecule has 2 unspecified atom stereocenters. The molecule has 3 N–H and O–H groups in total. The van der Waals surface area contributed by atoms with Crippen LogP contribution >= 0.6 is 0 Å². The zero-order chi connectivity index (χ0) is 21.6. The highest BCUT2D eigenvalue weighted by Gasteiger charge is 2.28. The topological polar surface area (TPSA) is 124 Å². The van der Waals surface area contributed by atoms with Crippen LogP contribution in [-0.4, -0.2) is 31.6 Å². The Morgan fingerprint density at radius 2 is 2.20 bits per heavy atom. The van der Waals surface area contributed by atoms with Gasteiger partial charge in [-0.15, -0.1) is 4.36 Å². The van der Waals surface area contributed by atoms with Gasteiger partial charge in [-0.3, -0.25) is 4.98 Å². The Labute approximate surface area is 176 Å². The first kappa shape index (κ1) is 20.8. The number of nitrogens with zero attached hydrogens (tertiary/aromatic N) is 4. The third-order valence-electron chi connectivity index (χ3n) is 5.73. The minimum Gasteiger partial charge on any atom is -0.477 e. The molecule has 3 heterocycles. The summed E-state index contributed by atoms with van der Waals surface area (Å²) in [6.45, 7) is 8.55. The number of carbonyl (C=O) groups excluding carboxylic acids is 1. The van der Waals surface area contributed by atoms with Gasteiger partial charge in [-0.25, -0.2) is 18.8 Å². The number of amides is 2. The molecule has 2 aromatic rings. The van der Waals surface area contributed by atoms with Crippen LogP contribution in [0.15, 0.2) is 15.5 Å². The summed E-state index contributed by atoms with van der Waals surface area (Å²) in [5, 5.41) is 13.1. The molecule has 1 aliphatic carbocycles. The fourth-order valence-corrected chi connectivity index (χ4v) is 5.16. The number of fused-ring (bicyclic) bond motifs is 2. The quantitative estimate of drug-likeness (QED) is 0.768. The van der Waals surface area contributed by atoms with Gasteiger partial charge in [-0.2, -0.15) is 5.10 Å². The zero-order valence-electron chi connectivity index (χ0n) is 17.8. The normalized spacial score (nSPS) is 19.6. The lowest BCUT2D eigenvalue weighted by Gasteiger charge is -2.22. The van der Waals surface area contributed by atoms with Crippen molar-refractivity contribution in [2.45, 2.75) is 70.2 Å². The van der Waals surface area contributed by atoms with Crippen molar-refractivity contribution in [3.63, 3.8) is 0 Å². The summed E-state index contributed by atoms with van der Waals surface area (Å²) in [6, 6.07) is -0.646. The van der Waals surface area contributed by atoms with Crippen LogP contribution in [0.1, 0.15) is 68.1 Å². The molecule has 0 saturated carbocycles. The van der Waals surface area contributed by atoms with Crippen LogP contribution in [0, 0.1) is 6.92 Å². The molecule has 0 bridgehead atoms. The molecule has 2 aliphatic rings. The lowest BCUT2D eigenvalue weighted by atomic mass is 9.99. The van der Waals surface area contributed by atoms with Gasteiger partial charge in [-0.05, 0) is 50.2 Å². The average Bonchev–Trinajstić information content (AvgIpc) is 3.31. The molecule has 0 aromatic carbocycles. The van der Waals surface area contributed by atoms with Crippen molar-refractivity contribution in [2.75, 3.05) is 11.9 Å².